The molecule has 0 radical (unpaired) electrons. The summed E-state index contributed by atoms with van der Waals surface area (Å²) in [6.07, 6.45) is 0. The predicted octanol–water partition coefficient (Wildman–Crippen LogP) is 3.53. The van der Waals surface area contributed by atoms with Gasteiger partial charge < -0.3 is 10.4 Å². The highest BCUT2D eigenvalue weighted by molar-refractivity contribution is 8.00. The van der Waals surface area contributed by atoms with Crippen LogP contribution >= 0.6 is 11.8 Å². The number of carbonyl (C=O) groups is 1. The number of aliphatic hydroxyl groups excluding tert-OH is 1. The van der Waals surface area contributed by atoms with Gasteiger partial charge in [0.1, 0.15) is 0 Å². The van der Waals surface area contributed by atoms with Crippen molar-refractivity contribution in [2.45, 2.75) is 25.3 Å². The first-order valence-corrected chi connectivity index (χ1v) is 7.77. The minimum atomic E-state index is -0.0139. The van der Waals surface area contributed by atoms with Crippen LogP contribution in [-0.2, 0) is 11.4 Å². The molecule has 0 atom stereocenters. The Hall–Kier alpha value is -1.78. The lowest BCUT2D eigenvalue weighted by atomic mass is 10.1. The molecule has 4 heteroatoms. The van der Waals surface area contributed by atoms with Crippen molar-refractivity contribution < 1.29 is 9.90 Å². The highest BCUT2D eigenvalue weighted by Crippen LogP contribution is 2.20. The SMILES string of the molecule is Cc1ccc(C)c(NC(=O)CSc2ccc(CO)cc2)c1. The van der Waals surface area contributed by atoms with Crippen LogP contribution in [0, 0.1) is 13.8 Å². The highest BCUT2D eigenvalue weighted by Gasteiger charge is 2.06. The van der Waals surface area contributed by atoms with Crippen molar-refractivity contribution in [2.75, 3.05) is 11.1 Å². The van der Waals surface area contributed by atoms with Gasteiger partial charge >= 0.3 is 0 Å². The molecule has 2 N–H and O–H groups in total. The van der Waals surface area contributed by atoms with Crippen LogP contribution in [0.25, 0.3) is 0 Å². The fraction of sp³-hybridized carbons (Fsp3) is 0.235. The smallest absolute Gasteiger partial charge is 0.234 e. The van der Waals surface area contributed by atoms with Crippen LogP contribution in [-0.4, -0.2) is 16.8 Å². The monoisotopic (exact) mass is 301 g/mol. The molecule has 0 saturated heterocycles. The summed E-state index contributed by atoms with van der Waals surface area (Å²) in [5.74, 6) is 0.353. The average molecular weight is 301 g/mol. The molecule has 3 nitrogen and oxygen atoms in total. The first-order chi connectivity index (χ1) is 10.1. The van der Waals surface area contributed by atoms with Crippen LogP contribution in [0.3, 0.4) is 0 Å². The molecule has 2 rings (SSSR count). The van der Waals surface area contributed by atoms with E-state index in [-0.39, 0.29) is 12.5 Å². The van der Waals surface area contributed by atoms with Gasteiger partial charge in [-0.2, -0.15) is 0 Å². The van der Waals surface area contributed by atoms with Gasteiger partial charge in [-0.3, -0.25) is 4.79 Å². The van der Waals surface area contributed by atoms with E-state index in [0.29, 0.717) is 5.75 Å². The average Bonchev–Trinajstić information content (AvgIpc) is 2.49. The molecule has 2 aromatic rings. The molecule has 110 valence electrons. The molecule has 0 aliphatic heterocycles. The van der Waals surface area contributed by atoms with Crippen LogP contribution in [0.4, 0.5) is 5.69 Å². The first-order valence-electron chi connectivity index (χ1n) is 6.78. The summed E-state index contributed by atoms with van der Waals surface area (Å²) < 4.78 is 0. The van der Waals surface area contributed by atoms with Crippen molar-refractivity contribution in [1.82, 2.24) is 0 Å². The molecule has 21 heavy (non-hydrogen) atoms. The van der Waals surface area contributed by atoms with E-state index in [9.17, 15) is 4.79 Å². The normalized spacial score (nSPS) is 10.4. The Kier molecular flexibility index (Phi) is 5.42. The molecule has 1 amide bonds. The number of nitrogens with one attached hydrogen (secondary N) is 1. The molecule has 2 aromatic carbocycles. The number of rotatable bonds is 5. The van der Waals surface area contributed by atoms with Gasteiger partial charge in [0.05, 0.1) is 12.4 Å². The van der Waals surface area contributed by atoms with Gasteiger partial charge in [0.25, 0.3) is 0 Å². The molecule has 0 saturated carbocycles. The summed E-state index contributed by atoms with van der Waals surface area (Å²) in [6.45, 7) is 4.03. The number of thioether (sulfide) groups is 1. The largest absolute Gasteiger partial charge is 0.392 e. The summed E-state index contributed by atoms with van der Waals surface area (Å²) in [7, 11) is 0. The first kappa shape index (κ1) is 15.6. The van der Waals surface area contributed by atoms with Crippen molar-refractivity contribution in [3.05, 3.63) is 59.2 Å². The Balaban J connectivity index is 1.91. The van der Waals surface area contributed by atoms with E-state index >= 15 is 0 Å². The zero-order chi connectivity index (χ0) is 15.2. The van der Waals surface area contributed by atoms with Crippen LogP contribution in [0.5, 0.6) is 0 Å². The van der Waals surface area contributed by atoms with Gasteiger partial charge in [-0.05, 0) is 48.7 Å². The van der Waals surface area contributed by atoms with Crippen LogP contribution < -0.4 is 5.32 Å². The van der Waals surface area contributed by atoms with Gasteiger partial charge in [-0.1, -0.05) is 24.3 Å². The van der Waals surface area contributed by atoms with E-state index in [1.165, 1.54) is 11.8 Å². The molecule has 0 bridgehead atoms. The lowest BCUT2D eigenvalue weighted by Gasteiger charge is -2.09. The van der Waals surface area contributed by atoms with Crippen LogP contribution in [0.1, 0.15) is 16.7 Å². The predicted molar refractivity (Wildman–Crippen MR) is 87.6 cm³/mol. The minimum absolute atomic E-state index is 0.0139. The third kappa shape index (κ3) is 4.62. The van der Waals surface area contributed by atoms with Crippen LogP contribution in [0.2, 0.25) is 0 Å². The van der Waals surface area contributed by atoms with Crippen LogP contribution in [0.15, 0.2) is 47.4 Å². The maximum absolute atomic E-state index is 12.0. The number of benzene rings is 2. The number of hydrogen-bond acceptors (Lipinski definition) is 3. The second-order valence-electron chi connectivity index (χ2n) is 4.96. The quantitative estimate of drug-likeness (QED) is 0.831. The molecule has 0 spiro atoms. The number of aryl methyl sites for hydroxylation is 2. The molecular formula is C17H19NO2S. The lowest BCUT2D eigenvalue weighted by molar-refractivity contribution is -0.113. The topological polar surface area (TPSA) is 49.3 Å². The van der Waals surface area contributed by atoms with Gasteiger partial charge in [-0.15, -0.1) is 11.8 Å². The summed E-state index contributed by atoms with van der Waals surface area (Å²) in [5, 5.41) is 11.9. The number of hydrogen-bond donors (Lipinski definition) is 2. The number of amides is 1. The molecule has 0 heterocycles. The lowest BCUT2D eigenvalue weighted by Crippen LogP contribution is -2.14. The Morgan fingerprint density at radius 1 is 1.14 bits per heavy atom. The van der Waals surface area contributed by atoms with Crippen molar-refractivity contribution in [3.63, 3.8) is 0 Å². The van der Waals surface area contributed by atoms with E-state index in [4.69, 9.17) is 5.11 Å². The standard InChI is InChI=1S/C17H19NO2S/c1-12-3-4-13(2)16(9-12)18-17(20)11-21-15-7-5-14(10-19)6-8-15/h3-9,19H,10-11H2,1-2H3,(H,18,20). The maximum atomic E-state index is 12.0. The maximum Gasteiger partial charge on any atom is 0.234 e. The number of aliphatic hydroxyl groups is 1. The Bertz CT molecular complexity index is 623. The van der Waals surface area contributed by atoms with E-state index in [2.05, 4.69) is 5.32 Å². The fourth-order valence-electron chi connectivity index (χ4n) is 1.90. The zero-order valence-electron chi connectivity index (χ0n) is 12.2. The molecule has 0 fully saturated rings. The van der Waals surface area contributed by atoms with Gasteiger partial charge in [0, 0.05) is 10.6 Å². The molecule has 0 unspecified atom stereocenters. The van der Waals surface area contributed by atoms with Crippen molar-refractivity contribution in [3.8, 4) is 0 Å². The van der Waals surface area contributed by atoms with Gasteiger partial charge in [0.15, 0.2) is 0 Å². The fourth-order valence-corrected chi connectivity index (χ4v) is 2.60. The van der Waals surface area contributed by atoms with Gasteiger partial charge in [-0.25, -0.2) is 0 Å². The number of carbonyl (C=O) groups excluding carboxylic acids is 1. The second-order valence-corrected chi connectivity index (χ2v) is 6.01. The van der Waals surface area contributed by atoms with E-state index in [0.717, 1.165) is 27.3 Å². The molecule has 0 aliphatic carbocycles. The number of anilines is 1. The van der Waals surface area contributed by atoms with Gasteiger partial charge in [0.2, 0.25) is 5.91 Å². The Labute approximate surface area is 129 Å². The third-order valence-corrected chi connectivity index (χ3v) is 4.16. The van der Waals surface area contributed by atoms with E-state index in [1.54, 1.807) is 0 Å². The Morgan fingerprint density at radius 2 is 1.86 bits per heavy atom. The highest BCUT2D eigenvalue weighted by atomic mass is 32.2. The third-order valence-electron chi connectivity index (χ3n) is 3.14. The minimum Gasteiger partial charge on any atom is -0.392 e. The molecular weight excluding hydrogens is 282 g/mol. The van der Waals surface area contributed by atoms with Crippen molar-refractivity contribution in [2.24, 2.45) is 0 Å². The van der Waals surface area contributed by atoms with Crippen molar-refractivity contribution in [1.29, 1.82) is 0 Å². The summed E-state index contributed by atoms with van der Waals surface area (Å²) in [5.41, 5.74) is 3.94. The Morgan fingerprint density at radius 3 is 2.52 bits per heavy atom. The molecule has 0 aliphatic rings. The summed E-state index contributed by atoms with van der Waals surface area (Å²) in [4.78, 5) is 13.0. The van der Waals surface area contributed by atoms with E-state index in [1.807, 2.05) is 56.3 Å². The second kappa shape index (κ2) is 7.29. The van der Waals surface area contributed by atoms with E-state index < -0.39 is 0 Å². The summed E-state index contributed by atoms with van der Waals surface area (Å²) in [6, 6.07) is 13.6. The zero-order valence-corrected chi connectivity index (χ0v) is 13.0. The molecule has 0 aromatic heterocycles. The summed E-state index contributed by atoms with van der Waals surface area (Å²) >= 11 is 1.48. The van der Waals surface area contributed by atoms with Crippen molar-refractivity contribution >= 4 is 23.4 Å².